The van der Waals surface area contributed by atoms with Gasteiger partial charge in [-0.1, -0.05) is 0 Å². The van der Waals surface area contributed by atoms with E-state index in [1.54, 1.807) is 30.3 Å². The molecule has 1 unspecified atom stereocenters. The number of hydrogen-bond donors (Lipinski definition) is 1. The second-order valence-electron chi connectivity index (χ2n) is 8.42. The Bertz CT molecular complexity index is 1130. The van der Waals surface area contributed by atoms with Gasteiger partial charge in [-0.05, 0) is 56.7 Å². The molecule has 2 aliphatic heterocycles. The number of fused-ring (bicyclic) bond motifs is 2. The Labute approximate surface area is 179 Å². The smallest absolute Gasteiger partial charge is 0.343 e. The van der Waals surface area contributed by atoms with Crippen LogP contribution in [-0.4, -0.2) is 41.0 Å². The summed E-state index contributed by atoms with van der Waals surface area (Å²) in [5.74, 6) is -1.75. The zero-order valence-corrected chi connectivity index (χ0v) is 17.6. The quantitative estimate of drug-likeness (QED) is 0.343. The van der Waals surface area contributed by atoms with Gasteiger partial charge in [-0.25, -0.2) is 4.79 Å². The highest BCUT2D eigenvalue weighted by molar-refractivity contribution is 6.16. The zero-order valence-electron chi connectivity index (χ0n) is 17.6. The normalized spacial score (nSPS) is 24.5. The summed E-state index contributed by atoms with van der Waals surface area (Å²) in [5, 5.41) is 10.7. The van der Waals surface area contributed by atoms with Crippen molar-refractivity contribution in [3.05, 3.63) is 76.3 Å². The molecule has 1 N–H and O–H groups in total. The second-order valence-corrected chi connectivity index (χ2v) is 8.42. The van der Waals surface area contributed by atoms with Crippen LogP contribution in [0.25, 0.3) is 0 Å². The topological polar surface area (TPSA) is 99.1 Å². The Balaban J connectivity index is 1.77. The fourth-order valence-corrected chi connectivity index (χ4v) is 3.94. The molecule has 4 rings (SSSR count). The maximum atomic E-state index is 13.1. The number of Topliss-reactive ketones (excluding diaryl/α,β-unsaturated/α-hetero) is 1. The first kappa shape index (κ1) is 20.7. The lowest BCUT2D eigenvalue weighted by molar-refractivity contribution is -0.153. The number of ketones is 2. The highest BCUT2D eigenvalue weighted by Crippen LogP contribution is 2.46. The molecule has 0 aromatic heterocycles. The molecule has 31 heavy (non-hydrogen) atoms. The van der Waals surface area contributed by atoms with Crippen LogP contribution in [0.1, 0.15) is 37.6 Å². The number of hydrogen-bond acceptors (Lipinski definition) is 7. The number of carbonyl (C=O) groups is 3. The van der Waals surface area contributed by atoms with E-state index in [0.29, 0.717) is 28.9 Å². The van der Waals surface area contributed by atoms with Gasteiger partial charge < -0.3 is 19.3 Å². The summed E-state index contributed by atoms with van der Waals surface area (Å²) >= 11 is 0. The molecule has 3 aliphatic rings. The van der Waals surface area contributed by atoms with Crippen molar-refractivity contribution in [2.24, 2.45) is 0 Å². The van der Waals surface area contributed by atoms with Crippen molar-refractivity contribution in [3.63, 3.8) is 0 Å². The lowest BCUT2D eigenvalue weighted by Gasteiger charge is -2.37. The zero-order chi connectivity index (χ0) is 22.6. The van der Waals surface area contributed by atoms with Crippen LogP contribution in [-0.2, 0) is 19.1 Å². The third-order valence-electron chi connectivity index (χ3n) is 5.64. The van der Waals surface area contributed by atoms with Gasteiger partial charge in [0.05, 0.1) is 18.9 Å². The first-order valence-corrected chi connectivity index (χ1v) is 9.77. The minimum absolute atomic E-state index is 0.187. The minimum Gasteiger partial charge on any atom is -0.507 e. The van der Waals surface area contributed by atoms with Crippen LogP contribution in [0.3, 0.4) is 0 Å². The lowest BCUT2D eigenvalue weighted by Crippen LogP contribution is -2.43. The molecular weight excluding hydrogens is 400 g/mol. The largest absolute Gasteiger partial charge is 0.507 e. The van der Waals surface area contributed by atoms with E-state index in [1.165, 1.54) is 20.3 Å². The van der Waals surface area contributed by atoms with E-state index >= 15 is 0 Å². The predicted molar refractivity (Wildman–Crippen MR) is 111 cm³/mol. The van der Waals surface area contributed by atoms with E-state index in [-0.39, 0.29) is 11.1 Å². The number of methoxy groups -OCH3 is 1. The molecule has 1 atom stereocenters. The van der Waals surface area contributed by atoms with Crippen molar-refractivity contribution in [1.29, 1.82) is 0 Å². The van der Waals surface area contributed by atoms with E-state index in [1.807, 2.05) is 13.8 Å². The van der Waals surface area contributed by atoms with Crippen LogP contribution in [0.5, 0.6) is 5.75 Å². The molecule has 0 amide bonds. The number of rotatable bonds is 4. The highest BCUT2D eigenvalue weighted by Gasteiger charge is 2.54. The Morgan fingerprint density at radius 1 is 1.16 bits per heavy atom. The van der Waals surface area contributed by atoms with Gasteiger partial charge in [-0.2, -0.15) is 0 Å². The third kappa shape index (κ3) is 3.36. The summed E-state index contributed by atoms with van der Waals surface area (Å²) in [6, 6.07) is 6.33. The van der Waals surface area contributed by atoms with Crippen molar-refractivity contribution in [3.8, 4) is 5.75 Å². The van der Waals surface area contributed by atoms with Gasteiger partial charge in [-0.15, -0.1) is 0 Å². The SMILES string of the molecule is COc1ccc(C(=O)/C=C(\O)C2=C3C=C4CC(C)(C)OC=C4C(=O)C3(C)OC2=O)cc1. The van der Waals surface area contributed by atoms with Crippen molar-refractivity contribution < 1.29 is 33.7 Å². The predicted octanol–water partition coefficient (Wildman–Crippen LogP) is 3.52. The van der Waals surface area contributed by atoms with Crippen molar-refractivity contribution in [2.75, 3.05) is 7.11 Å². The van der Waals surface area contributed by atoms with Crippen LogP contribution in [0.4, 0.5) is 0 Å². The molecule has 0 saturated carbocycles. The molecule has 0 bridgehead atoms. The van der Waals surface area contributed by atoms with E-state index in [2.05, 4.69) is 0 Å². The molecule has 0 spiro atoms. The number of benzene rings is 1. The molecule has 160 valence electrons. The number of ether oxygens (including phenoxy) is 3. The Hall–Kier alpha value is -3.61. The molecule has 2 heterocycles. The van der Waals surface area contributed by atoms with Crippen molar-refractivity contribution in [1.82, 2.24) is 0 Å². The number of allylic oxidation sites excluding steroid dienone is 1. The van der Waals surface area contributed by atoms with Crippen LogP contribution in [0.2, 0.25) is 0 Å². The van der Waals surface area contributed by atoms with E-state index in [4.69, 9.17) is 14.2 Å². The molecule has 0 fully saturated rings. The van der Waals surface area contributed by atoms with E-state index in [9.17, 15) is 19.5 Å². The Morgan fingerprint density at radius 3 is 2.48 bits per heavy atom. The molecule has 7 nitrogen and oxygen atoms in total. The van der Waals surface area contributed by atoms with Gasteiger partial charge in [-0.3, -0.25) is 9.59 Å². The molecular formula is C24H22O7. The van der Waals surface area contributed by atoms with Crippen molar-refractivity contribution >= 4 is 17.5 Å². The Morgan fingerprint density at radius 2 is 1.84 bits per heavy atom. The van der Waals surface area contributed by atoms with Crippen LogP contribution in [0, 0.1) is 0 Å². The van der Waals surface area contributed by atoms with Gasteiger partial charge in [0.25, 0.3) is 0 Å². The van der Waals surface area contributed by atoms with Gasteiger partial charge in [0.2, 0.25) is 5.78 Å². The summed E-state index contributed by atoms with van der Waals surface area (Å²) in [6.45, 7) is 5.24. The molecule has 1 aromatic rings. The van der Waals surface area contributed by atoms with Crippen LogP contribution >= 0.6 is 0 Å². The molecule has 0 saturated heterocycles. The molecule has 1 aromatic carbocycles. The number of aliphatic hydroxyl groups is 1. The second kappa shape index (κ2) is 6.97. The number of carbonyl (C=O) groups excluding carboxylic acids is 3. The molecule has 1 aliphatic carbocycles. The summed E-state index contributed by atoms with van der Waals surface area (Å²) in [6.07, 6.45) is 4.48. The van der Waals surface area contributed by atoms with E-state index < -0.39 is 34.5 Å². The van der Waals surface area contributed by atoms with Gasteiger partial charge >= 0.3 is 5.97 Å². The average molecular weight is 422 g/mol. The van der Waals surface area contributed by atoms with Crippen molar-refractivity contribution in [2.45, 2.75) is 38.4 Å². The first-order chi connectivity index (χ1) is 14.6. The fraction of sp³-hybridized carbons (Fsp3) is 0.292. The molecule has 7 heteroatoms. The number of esters is 1. The maximum Gasteiger partial charge on any atom is 0.343 e. The fourth-order valence-electron chi connectivity index (χ4n) is 3.94. The third-order valence-corrected chi connectivity index (χ3v) is 5.64. The summed E-state index contributed by atoms with van der Waals surface area (Å²) < 4.78 is 16.1. The van der Waals surface area contributed by atoms with Gasteiger partial charge in [0.1, 0.15) is 22.7 Å². The average Bonchev–Trinajstić information content (AvgIpc) is 2.98. The highest BCUT2D eigenvalue weighted by atomic mass is 16.6. The van der Waals surface area contributed by atoms with Crippen LogP contribution < -0.4 is 4.74 Å². The van der Waals surface area contributed by atoms with Gasteiger partial charge in [0.15, 0.2) is 11.4 Å². The molecule has 0 radical (unpaired) electrons. The summed E-state index contributed by atoms with van der Waals surface area (Å²) in [5.41, 5.74) is -0.706. The lowest BCUT2D eigenvalue weighted by atomic mass is 9.74. The minimum atomic E-state index is -1.59. The monoisotopic (exact) mass is 422 g/mol. The van der Waals surface area contributed by atoms with Gasteiger partial charge in [0, 0.05) is 23.6 Å². The maximum absolute atomic E-state index is 13.1. The summed E-state index contributed by atoms with van der Waals surface area (Å²) in [7, 11) is 1.51. The number of aliphatic hydroxyl groups excluding tert-OH is 1. The summed E-state index contributed by atoms with van der Waals surface area (Å²) in [4.78, 5) is 38.3. The first-order valence-electron chi connectivity index (χ1n) is 9.77. The van der Waals surface area contributed by atoms with Crippen LogP contribution in [0.15, 0.2) is 70.7 Å². The standard InChI is InChI=1S/C24H22O7/c1-23(2)11-14-9-17-20(22(28)31-24(17,3)21(27)16(14)12-30-23)19(26)10-18(25)13-5-7-15(29-4)8-6-13/h5-10,12,26H,11H2,1-4H3/b19-10-. The van der Waals surface area contributed by atoms with E-state index in [0.717, 1.165) is 6.08 Å². The Kier molecular flexibility index (Phi) is 4.65.